The summed E-state index contributed by atoms with van der Waals surface area (Å²) in [6, 6.07) is 68.9. The van der Waals surface area contributed by atoms with Crippen molar-refractivity contribution >= 4 is 147 Å². The van der Waals surface area contributed by atoms with Crippen molar-refractivity contribution < 1.29 is 52.1 Å². The van der Waals surface area contributed by atoms with Gasteiger partial charge in [-0.25, -0.2) is 9.97 Å². The van der Waals surface area contributed by atoms with E-state index < -0.39 is 30.4 Å². The van der Waals surface area contributed by atoms with Crippen molar-refractivity contribution in [1.29, 1.82) is 0 Å². The quantitative estimate of drug-likeness (QED) is 0.0209. The van der Waals surface area contributed by atoms with E-state index in [-0.39, 0.29) is 57.8 Å². The van der Waals surface area contributed by atoms with Crippen molar-refractivity contribution in [3.63, 3.8) is 0 Å². The zero-order valence-corrected chi connectivity index (χ0v) is 77.7. The van der Waals surface area contributed by atoms with Crippen LogP contribution in [0.4, 0.5) is 32.8 Å². The second kappa shape index (κ2) is 43.1. The number of rotatable bonds is 15. The molecule has 121 heavy (non-hydrogen) atoms. The molecular weight excluding hydrogens is 1800 g/mol. The third kappa shape index (κ3) is 27.8. The van der Waals surface area contributed by atoms with Crippen molar-refractivity contribution in [1.82, 2.24) is 19.1 Å². The van der Waals surface area contributed by atoms with E-state index in [2.05, 4.69) is 276 Å². The first kappa shape index (κ1) is 97.0. The lowest BCUT2D eigenvalue weighted by Crippen LogP contribution is -2.41. The third-order valence-corrected chi connectivity index (χ3v) is 23.3. The summed E-state index contributed by atoms with van der Waals surface area (Å²) in [6.07, 6.45) is 3.80. The van der Waals surface area contributed by atoms with E-state index in [0.29, 0.717) is 27.7 Å². The van der Waals surface area contributed by atoms with Crippen LogP contribution in [0.2, 0.25) is 0 Å². The van der Waals surface area contributed by atoms with Crippen molar-refractivity contribution in [2.45, 2.75) is 184 Å². The number of carboxylic acid groups (broad SMARTS) is 1. The minimum atomic E-state index is -0.821. The number of nitro groups is 2. The number of aromatic nitrogens is 4. The number of hydrogen-bond donors (Lipinski definition) is 5. The van der Waals surface area contributed by atoms with Gasteiger partial charge >= 0.3 is 26.8 Å². The van der Waals surface area contributed by atoms with Crippen LogP contribution in [0, 0.1) is 60.7 Å². The minimum absolute atomic E-state index is 0.0708. The number of fused-ring (bicyclic) bond motifs is 2. The molecule has 3 fully saturated rings. The molecule has 0 unspecified atom stereocenters. The fourth-order valence-electron chi connectivity index (χ4n) is 11.9. The van der Waals surface area contributed by atoms with Gasteiger partial charge < -0.3 is 64.3 Å². The molecule has 0 saturated carbocycles. The summed E-state index contributed by atoms with van der Waals surface area (Å²) in [5, 5.41) is 34.4. The molecule has 30 heteroatoms. The molecule has 3 aliphatic rings. The van der Waals surface area contributed by atoms with Gasteiger partial charge in [0, 0.05) is 62.7 Å². The zero-order chi connectivity index (χ0) is 89.0. The summed E-state index contributed by atoms with van der Waals surface area (Å²) in [7, 11) is -1.31. The number of halogens is 5. The molecule has 15 rings (SSSR count). The van der Waals surface area contributed by atoms with E-state index in [1.807, 2.05) is 123 Å². The Kier molecular flexibility index (Phi) is 34.5. The molecule has 0 bridgehead atoms. The molecule has 0 spiro atoms. The lowest BCUT2D eigenvalue weighted by molar-refractivity contribution is -0.387. The Hall–Kier alpha value is -9.43. The van der Waals surface area contributed by atoms with Crippen LogP contribution in [0.25, 0.3) is 22.1 Å². The van der Waals surface area contributed by atoms with Gasteiger partial charge in [-0.05, 0) is 224 Å². The molecule has 0 atom stereocenters. The van der Waals surface area contributed by atoms with Crippen LogP contribution in [0.15, 0.2) is 243 Å². The normalized spacial score (nSPS) is 15.1. The van der Waals surface area contributed by atoms with Gasteiger partial charge in [0.2, 0.25) is 5.82 Å². The molecule has 0 amide bonds. The number of nitro benzene ring substituents is 2. The van der Waals surface area contributed by atoms with Gasteiger partial charge in [0.25, 0.3) is 12.2 Å². The Morgan fingerprint density at radius 1 is 0.438 bits per heavy atom. The molecule has 2 aromatic heterocycles. The van der Waals surface area contributed by atoms with Gasteiger partial charge in [-0.15, -0.1) is 0 Å². The highest BCUT2D eigenvalue weighted by Crippen LogP contribution is 2.44. The monoisotopic (exact) mass is 1900 g/mol. The molecule has 5 heterocycles. The number of aryl methyl sites for hydroxylation is 5. The SMILES string of the molecule is CC1(C)OB(B2OC(C)(C)C(C)(C)O2)OC1(C)C.Cc1ccc(CN)cc1.Cc1ccc(CNc2ccc(Br)cc2N)cc1.Cc1ccc(CNc2ccc(Br)cc2[N+](=O)[O-])cc1.Cc1ccc(Cn2cnc3cc(B4OC(C)(C)C(C)(C)O4)ccc32)cc1.Cc1ccc(Cn2cnc3cc(Br)ccc32)cc1.O=CO.O=[N+]([O-])c1cc(Br)ccc1F. The fraction of sp³-hybridized carbons (Fsp3) is 0.308. The maximum absolute atomic E-state index is 12.6. The number of imidazole rings is 2. The molecule has 3 saturated heterocycles. The lowest BCUT2D eigenvalue weighted by atomic mass is 9.49. The van der Waals surface area contributed by atoms with Crippen LogP contribution in [0.3, 0.4) is 0 Å². The lowest BCUT2D eigenvalue weighted by Gasteiger charge is -2.32. The van der Waals surface area contributed by atoms with E-state index in [1.54, 1.807) is 12.1 Å². The van der Waals surface area contributed by atoms with Gasteiger partial charge in [-0.2, -0.15) is 4.39 Å². The molecule has 10 aromatic carbocycles. The van der Waals surface area contributed by atoms with Crippen molar-refractivity contribution in [2.75, 3.05) is 16.4 Å². The largest absolute Gasteiger partial charge is 0.494 e. The highest BCUT2D eigenvalue weighted by Gasteiger charge is 2.64. The molecular formula is C91H106B3Br4FN10O12. The number of nitrogens with two attached hydrogens (primary N) is 2. The van der Waals surface area contributed by atoms with Gasteiger partial charge in [0.05, 0.1) is 89.5 Å². The third-order valence-electron chi connectivity index (χ3n) is 21.3. The number of carbonyl (C=O) groups is 1. The first-order valence-electron chi connectivity index (χ1n) is 39.2. The summed E-state index contributed by atoms with van der Waals surface area (Å²) in [5.74, 6) is -0.821. The molecule has 12 aromatic rings. The van der Waals surface area contributed by atoms with Crippen LogP contribution in [0.1, 0.15) is 139 Å². The predicted molar refractivity (Wildman–Crippen MR) is 500 cm³/mol. The molecule has 22 nitrogen and oxygen atoms in total. The standard InChI is InChI=1S/C21H25BN2O2.C15H13BrN2.C14H13BrN2O2.C14H15BrN2.C12H24B2O4.C8H11N.C6H3BrFNO2.CH2O2/c1-15-6-8-16(9-7-15)13-24-14-23-18-12-17(10-11-19(18)24)22-25-20(2,3)21(4,5)26-22;1-11-2-4-12(5-3-11)9-18-10-17-14-8-13(16)6-7-15(14)18;1-10-2-4-11(5-3-10)9-16-13-7-6-12(15)8-14(13)17(18)19;1-10-2-4-11(5-3-10)9-17-14-7-6-12(15)8-13(14)16;1-9(2)10(3,4)16-13(15-9)14-17-11(5,6)12(7,8)18-14;1-7-2-4-8(6-9)5-3-7;7-4-1-2-5(8)6(3-4)9(10)11;2-1-3/h6-12,14H,13H2,1-5H3;2-8,10H,9H2,1H3;2-8,16H,9H2,1H3;2-8,17H,9,16H2,1H3;1-8H3;2-5H,6,9H2,1H3;1-3H;1H,(H,2,3). The molecule has 3 aliphatic heterocycles. The average Bonchev–Trinajstić information content (AvgIpc) is 1.60. The van der Waals surface area contributed by atoms with Crippen LogP contribution >= 0.6 is 63.7 Å². The minimum Gasteiger partial charge on any atom is -0.483 e. The highest BCUT2D eigenvalue weighted by molar-refractivity contribution is 9.11. The summed E-state index contributed by atoms with van der Waals surface area (Å²) in [4.78, 5) is 37.3. The van der Waals surface area contributed by atoms with Gasteiger partial charge in [-0.3, -0.25) is 25.0 Å². The Bertz CT molecular complexity index is 5350. The number of hydrogen-bond acceptors (Lipinski definition) is 17. The van der Waals surface area contributed by atoms with Crippen LogP contribution in [-0.2, 0) is 65.4 Å². The smallest absolute Gasteiger partial charge is 0.483 e. The van der Waals surface area contributed by atoms with E-state index in [4.69, 9.17) is 49.3 Å². The number of nitrogens with one attached hydrogen (secondary N) is 2. The maximum Gasteiger partial charge on any atom is 0.494 e. The van der Waals surface area contributed by atoms with Crippen molar-refractivity contribution in [3.05, 3.63) is 325 Å². The van der Waals surface area contributed by atoms with Gasteiger partial charge in [0.15, 0.2) is 0 Å². The van der Waals surface area contributed by atoms with Crippen LogP contribution in [-0.4, -0.2) is 95.3 Å². The van der Waals surface area contributed by atoms with E-state index in [0.717, 1.165) is 79.7 Å². The fourth-order valence-corrected chi connectivity index (χ4v) is 13.4. The van der Waals surface area contributed by atoms with Crippen LogP contribution < -0.4 is 27.6 Å². The Labute approximate surface area is 743 Å². The zero-order valence-electron chi connectivity index (χ0n) is 71.4. The Balaban J connectivity index is 0.000000178. The molecule has 0 aliphatic carbocycles. The van der Waals surface area contributed by atoms with Gasteiger partial charge in [0.1, 0.15) is 5.69 Å². The first-order valence-corrected chi connectivity index (χ1v) is 42.3. The summed E-state index contributed by atoms with van der Waals surface area (Å²) < 4.78 is 56.3. The first-order chi connectivity index (χ1) is 56.9. The number of nitrogens with zero attached hydrogens (tertiary/aromatic N) is 6. The van der Waals surface area contributed by atoms with Crippen LogP contribution in [0.5, 0.6) is 0 Å². The molecule has 636 valence electrons. The van der Waals surface area contributed by atoms with Crippen molar-refractivity contribution in [3.8, 4) is 0 Å². The Morgan fingerprint density at radius 2 is 0.752 bits per heavy atom. The molecule has 7 N–H and O–H groups in total. The number of anilines is 3. The van der Waals surface area contributed by atoms with E-state index in [9.17, 15) is 24.6 Å². The number of nitrogen functional groups attached to an aromatic ring is 1. The van der Waals surface area contributed by atoms with E-state index >= 15 is 0 Å². The molecule has 0 radical (unpaired) electrons. The van der Waals surface area contributed by atoms with Gasteiger partial charge in [-0.1, -0.05) is 219 Å². The second-order valence-corrected chi connectivity index (χ2v) is 36.1. The predicted octanol–water partition coefficient (Wildman–Crippen LogP) is 22.0. The number of benzene rings is 10. The average molecular weight is 1900 g/mol. The maximum atomic E-state index is 12.6. The summed E-state index contributed by atoms with van der Waals surface area (Å²) in [5.41, 5.74) is 28.7. The van der Waals surface area contributed by atoms with E-state index in [1.165, 1.54) is 67.7 Å². The highest BCUT2D eigenvalue weighted by atomic mass is 79.9. The second-order valence-electron chi connectivity index (χ2n) is 32.4. The van der Waals surface area contributed by atoms with Crippen molar-refractivity contribution in [2.24, 2.45) is 5.73 Å². The summed E-state index contributed by atoms with van der Waals surface area (Å²) in [6.45, 7) is 38.3. The topological polar surface area (TPSA) is 291 Å². The Morgan fingerprint density at radius 3 is 1.13 bits per heavy atom. The summed E-state index contributed by atoms with van der Waals surface area (Å²) >= 11 is 13.1.